The van der Waals surface area contributed by atoms with Crippen molar-refractivity contribution in [1.82, 2.24) is 39.0 Å². The summed E-state index contributed by atoms with van der Waals surface area (Å²) in [6.45, 7) is 9.96. The van der Waals surface area contributed by atoms with E-state index in [1.54, 1.807) is 15.2 Å². The molecule has 0 aliphatic rings. The molecule has 0 aliphatic heterocycles. The molecule has 0 atom stereocenters. The molecule has 4 aromatic carbocycles. The van der Waals surface area contributed by atoms with Crippen LogP contribution in [0, 0.1) is 27.7 Å². The van der Waals surface area contributed by atoms with Crippen molar-refractivity contribution in [1.29, 1.82) is 0 Å². The monoisotopic (exact) mass is 835 g/mol. The van der Waals surface area contributed by atoms with Crippen molar-refractivity contribution in [3.63, 3.8) is 0 Å². The molecular weight excluding hydrogens is 791 g/mol. The summed E-state index contributed by atoms with van der Waals surface area (Å²) < 4.78 is 3.42. The Labute approximate surface area is 355 Å². The van der Waals surface area contributed by atoms with Crippen LogP contribution < -0.4 is 28.3 Å². The van der Waals surface area contributed by atoms with Crippen LogP contribution in [0.25, 0.3) is 33.2 Å². The van der Waals surface area contributed by atoms with Crippen molar-refractivity contribution in [2.75, 3.05) is 17.2 Å². The number of nitrogen functional groups attached to an aromatic ring is 3. The lowest BCUT2D eigenvalue weighted by atomic mass is 10.1. The van der Waals surface area contributed by atoms with E-state index in [2.05, 4.69) is 26.9 Å². The number of aromatic nitrogens is 8. The standard InChI is InChI=1S/C24H25N5OS.C21H20N6OS/c1-4-8-17-13-21(28-24(25)26-17)31-14-20-27-18-11-7-10-16(3)22(18)23(30)29(20)19-12-6-5-9-15(19)2;1-12-6-3-4-9-15(12)27-17(11-29-18-10-16(22)25-21(23)26-18)24-14-8-5-7-13(2)19(14)20(27)28/h5-7,9-13H,4,8,14H2,1-3H3,(H2,25,26,28);3-10H,11H2,1-2H3,(H4,22,23,25,26). The van der Waals surface area contributed by atoms with Gasteiger partial charge in [0.15, 0.2) is 0 Å². The molecule has 15 heteroatoms. The third kappa shape index (κ3) is 9.01. The molecule has 8 rings (SSSR count). The molecule has 4 aromatic heterocycles. The molecule has 0 saturated carbocycles. The molecule has 0 aliphatic carbocycles. The molecule has 13 nitrogen and oxygen atoms in total. The number of hydrogen-bond donors (Lipinski definition) is 3. The number of para-hydroxylation sites is 2. The van der Waals surface area contributed by atoms with Gasteiger partial charge in [-0.25, -0.2) is 24.9 Å². The first-order chi connectivity index (χ1) is 28.9. The van der Waals surface area contributed by atoms with E-state index in [4.69, 9.17) is 27.2 Å². The molecule has 0 spiro atoms. The van der Waals surface area contributed by atoms with E-state index in [1.165, 1.54) is 23.5 Å². The topological polar surface area (TPSA) is 199 Å². The Morgan fingerprint density at radius 1 is 0.533 bits per heavy atom. The smallest absolute Gasteiger partial charge is 0.266 e. The van der Waals surface area contributed by atoms with E-state index >= 15 is 0 Å². The Hall–Kier alpha value is -6.58. The van der Waals surface area contributed by atoms with Crippen molar-refractivity contribution in [3.8, 4) is 11.4 Å². The van der Waals surface area contributed by atoms with Gasteiger partial charge in [0.05, 0.1) is 44.7 Å². The van der Waals surface area contributed by atoms with E-state index in [9.17, 15) is 9.59 Å². The van der Waals surface area contributed by atoms with Crippen LogP contribution in [0.5, 0.6) is 0 Å². The predicted molar refractivity (Wildman–Crippen MR) is 244 cm³/mol. The fraction of sp³-hybridized carbons (Fsp3) is 0.200. The molecule has 0 fully saturated rings. The molecular formula is C45H45N11O2S2. The first-order valence-corrected chi connectivity index (χ1v) is 21.3. The van der Waals surface area contributed by atoms with Crippen LogP contribution in [0.15, 0.2) is 117 Å². The number of nitrogens with zero attached hydrogens (tertiary/aromatic N) is 8. The molecule has 0 saturated heterocycles. The van der Waals surface area contributed by atoms with Gasteiger partial charge in [0.25, 0.3) is 11.1 Å². The molecule has 0 unspecified atom stereocenters. The second-order valence-electron chi connectivity index (χ2n) is 14.2. The van der Waals surface area contributed by atoms with E-state index in [0.717, 1.165) is 57.2 Å². The molecule has 60 heavy (non-hydrogen) atoms. The Morgan fingerprint density at radius 2 is 0.983 bits per heavy atom. The number of anilines is 3. The zero-order valence-corrected chi connectivity index (χ0v) is 35.6. The van der Waals surface area contributed by atoms with Crippen molar-refractivity contribution in [2.45, 2.75) is 69.0 Å². The fourth-order valence-corrected chi connectivity index (χ4v) is 8.65. The number of thioether (sulfide) groups is 2. The first kappa shape index (κ1) is 41.6. The van der Waals surface area contributed by atoms with Gasteiger partial charge in [-0.2, -0.15) is 4.98 Å². The Balaban J connectivity index is 0.000000182. The van der Waals surface area contributed by atoms with Gasteiger partial charge in [-0.1, -0.05) is 97.5 Å². The minimum atomic E-state index is -0.0836. The summed E-state index contributed by atoms with van der Waals surface area (Å²) in [4.78, 5) is 53.5. The zero-order valence-electron chi connectivity index (χ0n) is 34.0. The van der Waals surface area contributed by atoms with Crippen LogP contribution in [-0.2, 0) is 17.9 Å². The molecule has 8 aromatic rings. The van der Waals surface area contributed by atoms with Crippen LogP contribution in [0.4, 0.5) is 17.7 Å². The Bertz CT molecular complexity index is 2980. The number of rotatable bonds is 10. The SMILES string of the molecule is CCCc1cc(SCc2nc3cccc(C)c3c(=O)n2-c2ccccc2C)nc(N)n1.Cc1ccccc1-n1c(CSc2cc(N)nc(N)n2)nc2cccc(C)c2c1=O. The highest BCUT2D eigenvalue weighted by Gasteiger charge is 2.18. The summed E-state index contributed by atoms with van der Waals surface area (Å²) >= 11 is 2.92. The van der Waals surface area contributed by atoms with Gasteiger partial charge >= 0.3 is 0 Å². The van der Waals surface area contributed by atoms with E-state index in [-0.39, 0.29) is 23.0 Å². The lowest BCUT2D eigenvalue weighted by Crippen LogP contribution is -2.25. The second-order valence-corrected chi connectivity index (χ2v) is 16.2. The number of nitrogens with two attached hydrogens (primary N) is 3. The highest BCUT2D eigenvalue weighted by molar-refractivity contribution is 7.98. The summed E-state index contributed by atoms with van der Waals surface area (Å²) in [7, 11) is 0. The highest BCUT2D eigenvalue weighted by atomic mass is 32.2. The maximum atomic E-state index is 13.6. The summed E-state index contributed by atoms with van der Waals surface area (Å²) in [5, 5.41) is 2.69. The predicted octanol–water partition coefficient (Wildman–Crippen LogP) is 7.87. The van der Waals surface area contributed by atoms with Crippen molar-refractivity contribution in [3.05, 3.63) is 157 Å². The molecule has 0 amide bonds. The quantitative estimate of drug-likeness (QED) is 0.0889. The average molecular weight is 836 g/mol. The summed E-state index contributed by atoms with van der Waals surface area (Å²) in [5.41, 5.74) is 25.0. The lowest BCUT2D eigenvalue weighted by molar-refractivity contribution is 0.857. The third-order valence-corrected chi connectivity index (χ3v) is 11.6. The first-order valence-electron chi connectivity index (χ1n) is 19.3. The van der Waals surface area contributed by atoms with E-state index in [0.29, 0.717) is 55.8 Å². The van der Waals surface area contributed by atoms with Gasteiger partial charge in [-0.15, -0.1) is 0 Å². The Morgan fingerprint density at radius 3 is 1.45 bits per heavy atom. The van der Waals surface area contributed by atoms with Crippen molar-refractivity contribution in [2.24, 2.45) is 0 Å². The van der Waals surface area contributed by atoms with Gasteiger partial charge in [0.2, 0.25) is 11.9 Å². The van der Waals surface area contributed by atoms with E-state index < -0.39 is 0 Å². The van der Waals surface area contributed by atoms with Gasteiger partial charge in [0.1, 0.15) is 27.5 Å². The van der Waals surface area contributed by atoms with Crippen molar-refractivity contribution < 1.29 is 0 Å². The number of benzene rings is 4. The summed E-state index contributed by atoms with van der Waals surface area (Å²) in [6, 6.07) is 30.7. The van der Waals surface area contributed by atoms with Crippen LogP contribution in [0.2, 0.25) is 0 Å². The van der Waals surface area contributed by atoms with Crippen LogP contribution in [-0.4, -0.2) is 39.0 Å². The summed E-state index contributed by atoms with van der Waals surface area (Å²) in [5.74, 6) is 2.90. The normalized spacial score (nSPS) is 11.2. The number of hydrogen-bond acceptors (Lipinski definition) is 13. The van der Waals surface area contributed by atoms with Gasteiger partial charge in [-0.05, 0) is 86.7 Å². The van der Waals surface area contributed by atoms with Crippen LogP contribution in [0.3, 0.4) is 0 Å². The Kier molecular flexibility index (Phi) is 12.6. The minimum absolute atomic E-state index is 0.0538. The average Bonchev–Trinajstić information content (AvgIpc) is 3.20. The molecule has 304 valence electrons. The minimum Gasteiger partial charge on any atom is -0.383 e. The summed E-state index contributed by atoms with van der Waals surface area (Å²) in [6.07, 6.45) is 1.83. The zero-order chi connectivity index (χ0) is 42.5. The fourth-order valence-electron chi connectivity index (χ4n) is 6.97. The molecule has 0 bridgehead atoms. The van der Waals surface area contributed by atoms with Gasteiger partial charge in [0, 0.05) is 11.8 Å². The van der Waals surface area contributed by atoms with Crippen molar-refractivity contribution >= 4 is 63.0 Å². The van der Waals surface area contributed by atoms with Gasteiger partial charge in [-0.3, -0.25) is 18.7 Å². The van der Waals surface area contributed by atoms with E-state index in [1.807, 2.05) is 119 Å². The van der Waals surface area contributed by atoms with Gasteiger partial charge < -0.3 is 17.2 Å². The lowest BCUT2D eigenvalue weighted by Gasteiger charge is -2.16. The number of fused-ring (bicyclic) bond motifs is 2. The molecule has 4 heterocycles. The highest BCUT2D eigenvalue weighted by Crippen LogP contribution is 2.27. The maximum absolute atomic E-state index is 13.6. The second kappa shape index (κ2) is 18.1. The number of aryl methyl sites for hydroxylation is 5. The maximum Gasteiger partial charge on any atom is 0.266 e. The largest absolute Gasteiger partial charge is 0.383 e. The molecule has 6 N–H and O–H groups in total. The van der Waals surface area contributed by atoms with Crippen LogP contribution in [0.1, 0.15) is 52.9 Å². The van der Waals surface area contributed by atoms with Crippen LogP contribution >= 0.6 is 23.5 Å². The molecule has 0 radical (unpaired) electrons. The third-order valence-electron chi connectivity index (χ3n) is 9.78.